The van der Waals surface area contributed by atoms with E-state index in [1.54, 1.807) is 6.92 Å². The van der Waals surface area contributed by atoms with E-state index >= 15 is 0 Å². The van der Waals surface area contributed by atoms with Gasteiger partial charge in [-0.15, -0.1) is 11.3 Å². The van der Waals surface area contributed by atoms with Crippen molar-refractivity contribution in [2.45, 2.75) is 33.6 Å². The van der Waals surface area contributed by atoms with Crippen LogP contribution in [0.3, 0.4) is 0 Å². The summed E-state index contributed by atoms with van der Waals surface area (Å²) in [6.45, 7) is 6.95. The molecule has 1 aromatic carbocycles. The van der Waals surface area contributed by atoms with Crippen molar-refractivity contribution in [2.24, 2.45) is 0 Å². The minimum Gasteiger partial charge on any atom is -0.494 e. The second-order valence-corrected chi connectivity index (χ2v) is 6.62. The minimum absolute atomic E-state index is 0.162. The van der Waals surface area contributed by atoms with Crippen molar-refractivity contribution in [3.63, 3.8) is 0 Å². The van der Waals surface area contributed by atoms with Gasteiger partial charge in [0.1, 0.15) is 15.6 Å². The molecule has 2 rings (SSSR count). The number of hydrogen-bond donors (Lipinski definition) is 1. The van der Waals surface area contributed by atoms with Crippen molar-refractivity contribution in [2.75, 3.05) is 19.8 Å². The standard InChI is InChI=1S/C19H24N2O4S/c1-4-12-25-16(22)10-11-20-18(23)17-13(3)21-19(26-17)14-6-8-15(9-7-14)24-5-2/h6-9H,4-5,10-12H2,1-3H3,(H,20,23). The molecule has 0 bridgehead atoms. The van der Waals surface area contributed by atoms with E-state index in [2.05, 4.69) is 10.3 Å². The zero-order valence-electron chi connectivity index (χ0n) is 15.3. The van der Waals surface area contributed by atoms with Crippen LogP contribution in [-0.4, -0.2) is 36.6 Å². The summed E-state index contributed by atoms with van der Waals surface area (Å²) >= 11 is 1.33. The van der Waals surface area contributed by atoms with E-state index in [0.717, 1.165) is 22.7 Å². The molecule has 140 valence electrons. The van der Waals surface area contributed by atoms with E-state index in [4.69, 9.17) is 9.47 Å². The SMILES string of the molecule is CCCOC(=O)CCNC(=O)c1sc(-c2ccc(OCC)cc2)nc1C. The molecule has 0 aliphatic heterocycles. The normalized spacial score (nSPS) is 10.4. The molecule has 0 saturated carbocycles. The third kappa shape index (κ3) is 5.56. The number of amides is 1. The lowest BCUT2D eigenvalue weighted by atomic mass is 10.2. The molecule has 0 fully saturated rings. The number of carbonyl (C=O) groups is 2. The fourth-order valence-corrected chi connectivity index (χ4v) is 3.23. The van der Waals surface area contributed by atoms with Gasteiger partial charge in [-0.05, 0) is 44.5 Å². The topological polar surface area (TPSA) is 77.5 Å². The lowest BCUT2D eigenvalue weighted by Crippen LogP contribution is -2.26. The Hall–Kier alpha value is -2.41. The summed E-state index contributed by atoms with van der Waals surface area (Å²) in [6, 6.07) is 7.62. The van der Waals surface area contributed by atoms with Crippen molar-refractivity contribution in [1.29, 1.82) is 0 Å². The van der Waals surface area contributed by atoms with Crippen LogP contribution in [0.15, 0.2) is 24.3 Å². The number of esters is 1. The highest BCUT2D eigenvalue weighted by atomic mass is 32.1. The van der Waals surface area contributed by atoms with Crippen LogP contribution in [0.5, 0.6) is 5.75 Å². The van der Waals surface area contributed by atoms with Gasteiger partial charge >= 0.3 is 5.97 Å². The molecular formula is C19H24N2O4S. The molecule has 0 atom stereocenters. The number of rotatable bonds is 9. The average Bonchev–Trinajstić information content (AvgIpc) is 3.02. The maximum absolute atomic E-state index is 12.3. The van der Waals surface area contributed by atoms with Crippen LogP contribution >= 0.6 is 11.3 Å². The first kappa shape index (κ1) is 19.9. The number of aromatic nitrogens is 1. The molecule has 0 aliphatic carbocycles. The number of hydrogen-bond acceptors (Lipinski definition) is 6. The van der Waals surface area contributed by atoms with Crippen LogP contribution in [-0.2, 0) is 9.53 Å². The van der Waals surface area contributed by atoms with Gasteiger partial charge < -0.3 is 14.8 Å². The van der Waals surface area contributed by atoms with Gasteiger partial charge in [0.05, 0.1) is 25.3 Å². The van der Waals surface area contributed by atoms with Crippen molar-refractivity contribution in [1.82, 2.24) is 10.3 Å². The molecule has 0 radical (unpaired) electrons. The number of ether oxygens (including phenoxy) is 2. The van der Waals surface area contributed by atoms with E-state index in [9.17, 15) is 9.59 Å². The summed E-state index contributed by atoms with van der Waals surface area (Å²) in [6.07, 6.45) is 0.946. The maximum Gasteiger partial charge on any atom is 0.307 e. The van der Waals surface area contributed by atoms with E-state index in [1.807, 2.05) is 38.1 Å². The van der Waals surface area contributed by atoms with Crippen LogP contribution in [0, 0.1) is 6.92 Å². The van der Waals surface area contributed by atoms with Crippen LogP contribution < -0.4 is 10.1 Å². The van der Waals surface area contributed by atoms with Gasteiger partial charge in [-0.3, -0.25) is 9.59 Å². The molecule has 0 aliphatic rings. The summed E-state index contributed by atoms with van der Waals surface area (Å²) in [4.78, 5) is 28.8. The van der Waals surface area contributed by atoms with Crippen LogP contribution in [0.2, 0.25) is 0 Å². The molecule has 6 nitrogen and oxygen atoms in total. The van der Waals surface area contributed by atoms with E-state index < -0.39 is 0 Å². The second-order valence-electron chi connectivity index (χ2n) is 5.62. The highest BCUT2D eigenvalue weighted by Crippen LogP contribution is 2.29. The molecule has 7 heteroatoms. The Balaban J connectivity index is 1.96. The van der Waals surface area contributed by atoms with Gasteiger partial charge in [-0.25, -0.2) is 4.98 Å². The van der Waals surface area contributed by atoms with Crippen molar-refractivity contribution in [3.05, 3.63) is 34.8 Å². The number of benzene rings is 1. The first-order chi connectivity index (χ1) is 12.5. The Morgan fingerprint density at radius 1 is 1.19 bits per heavy atom. The maximum atomic E-state index is 12.3. The van der Waals surface area contributed by atoms with Crippen molar-refractivity contribution >= 4 is 23.2 Å². The first-order valence-electron chi connectivity index (χ1n) is 8.69. The van der Waals surface area contributed by atoms with Crippen LogP contribution in [0.4, 0.5) is 0 Å². The molecule has 1 amide bonds. The molecule has 0 unspecified atom stereocenters. The number of nitrogens with one attached hydrogen (secondary N) is 1. The quantitative estimate of drug-likeness (QED) is 0.677. The largest absolute Gasteiger partial charge is 0.494 e. The summed E-state index contributed by atoms with van der Waals surface area (Å²) in [5.74, 6) is 0.279. The lowest BCUT2D eigenvalue weighted by molar-refractivity contribution is -0.143. The van der Waals surface area contributed by atoms with Gasteiger partial charge in [0.25, 0.3) is 5.91 Å². The monoisotopic (exact) mass is 376 g/mol. The second kappa shape index (κ2) is 9.91. The number of nitrogens with zero attached hydrogens (tertiary/aromatic N) is 1. The number of aryl methyl sites for hydroxylation is 1. The van der Waals surface area contributed by atoms with Gasteiger partial charge in [0.15, 0.2) is 0 Å². The minimum atomic E-state index is -0.303. The van der Waals surface area contributed by atoms with E-state index in [1.165, 1.54) is 11.3 Å². The first-order valence-corrected chi connectivity index (χ1v) is 9.51. The van der Waals surface area contributed by atoms with Crippen molar-refractivity contribution < 1.29 is 19.1 Å². The molecule has 26 heavy (non-hydrogen) atoms. The van der Waals surface area contributed by atoms with Gasteiger partial charge in [-0.2, -0.15) is 0 Å². The molecular weight excluding hydrogens is 352 g/mol. The molecule has 1 aromatic heterocycles. The Labute approximate surface area is 157 Å². The highest BCUT2D eigenvalue weighted by Gasteiger charge is 2.16. The zero-order valence-corrected chi connectivity index (χ0v) is 16.1. The Morgan fingerprint density at radius 3 is 2.58 bits per heavy atom. The summed E-state index contributed by atoms with van der Waals surface area (Å²) < 4.78 is 10.4. The summed E-state index contributed by atoms with van der Waals surface area (Å²) in [5.41, 5.74) is 1.61. The average molecular weight is 376 g/mol. The lowest BCUT2D eigenvalue weighted by Gasteiger charge is -2.04. The number of carbonyl (C=O) groups excluding carboxylic acids is 2. The summed E-state index contributed by atoms with van der Waals surface area (Å²) in [5, 5.41) is 3.52. The third-order valence-corrected chi connectivity index (χ3v) is 4.70. The van der Waals surface area contributed by atoms with Crippen molar-refractivity contribution in [3.8, 4) is 16.3 Å². The molecule has 2 aromatic rings. The zero-order chi connectivity index (χ0) is 18.9. The predicted octanol–water partition coefficient (Wildman–Crippen LogP) is 3.59. The predicted molar refractivity (Wildman–Crippen MR) is 102 cm³/mol. The fraction of sp³-hybridized carbons (Fsp3) is 0.421. The van der Waals surface area contributed by atoms with E-state index in [0.29, 0.717) is 23.8 Å². The summed E-state index contributed by atoms with van der Waals surface area (Å²) in [7, 11) is 0. The smallest absolute Gasteiger partial charge is 0.307 e. The molecule has 1 N–H and O–H groups in total. The van der Waals surface area contributed by atoms with Gasteiger partial charge in [0.2, 0.25) is 0 Å². The Morgan fingerprint density at radius 2 is 1.92 bits per heavy atom. The fourth-order valence-electron chi connectivity index (χ4n) is 2.24. The van der Waals surface area contributed by atoms with Crippen LogP contribution in [0.25, 0.3) is 10.6 Å². The number of thiazole rings is 1. The highest BCUT2D eigenvalue weighted by molar-refractivity contribution is 7.17. The molecule has 1 heterocycles. The van der Waals surface area contributed by atoms with Gasteiger partial charge in [-0.1, -0.05) is 6.92 Å². The third-order valence-electron chi connectivity index (χ3n) is 3.50. The van der Waals surface area contributed by atoms with E-state index in [-0.39, 0.29) is 24.8 Å². The molecule has 0 spiro atoms. The Kier molecular flexibility index (Phi) is 7.59. The Bertz CT molecular complexity index is 740. The van der Waals surface area contributed by atoms with Crippen LogP contribution in [0.1, 0.15) is 42.1 Å². The molecule has 0 saturated heterocycles. The van der Waals surface area contributed by atoms with Gasteiger partial charge in [0, 0.05) is 12.1 Å².